The molecule has 1 fully saturated rings. The van der Waals surface area contributed by atoms with Gasteiger partial charge in [-0.25, -0.2) is 0 Å². The maximum Gasteiger partial charge on any atom is 0.306 e. The lowest BCUT2D eigenvalue weighted by Crippen LogP contribution is -2.50. The molecule has 8 heteroatoms. The Morgan fingerprint density at radius 1 is 1.14 bits per heavy atom. The maximum atomic E-state index is 13.2. The van der Waals surface area contributed by atoms with E-state index >= 15 is 0 Å². The molecule has 0 heterocycles. The number of carbonyl (C=O) groups is 3. The molecule has 1 aliphatic carbocycles. The molecule has 1 aliphatic rings. The van der Waals surface area contributed by atoms with Gasteiger partial charge in [0, 0.05) is 24.3 Å². The summed E-state index contributed by atoms with van der Waals surface area (Å²) in [4.78, 5) is 37.9. The van der Waals surface area contributed by atoms with Gasteiger partial charge in [0.15, 0.2) is 0 Å². The molecule has 2 atom stereocenters. The molecule has 1 aromatic carbocycles. The number of amides is 2. The molecule has 2 rings (SSSR count). The van der Waals surface area contributed by atoms with E-state index in [0.717, 1.165) is 31.4 Å². The van der Waals surface area contributed by atoms with E-state index in [1.807, 2.05) is 30.3 Å². The van der Waals surface area contributed by atoms with Gasteiger partial charge in [0.05, 0.1) is 24.1 Å². The molecule has 1 saturated carbocycles. The van der Waals surface area contributed by atoms with E-state index in [2.05, 4.69) is 23.8 Å². The topological polar surface area (TPSA) is 105 Å². The highest BCUT2D eigenvalue weighted by molar-refractivity contribution is 7.98. The molecule has 0 saturated heterocycles. The molecule has 0 unspecified atom stereocenters. The summed E-state index contributed by atoms with van der Waals surface area (Å²) in [6.07, 6.45) is 7.82. The Morgan fingerprint density at radius 3 is 2.50 bits per heavy atom. The van der Waals surface area contributed by atoms with E-state index in [1.54, 1.807) is 23.9 Å². The van der Waals surface area contributed by atoms with Crippen LogP contribution in [0.4, 0.5) is 0 Å². The number of allylic oxidation sites excluding steroid dienone is 2. The van der Waals surface area contributed by atoms with Gasteiger partial charge in [-0.2, -0.15) is 11.8 Å². The van der Waals surface area contributed by atoms with Gasteiger partial charge in [0.1, 0.15) is 6.61 Å². The Bertz CT molecular complexity index is 855. The van der Waals surface area contributed by atoms with Crippen LogP contribution in [0.1, 0.15) is 56.9 Å². The lowest BCUT2D eigenvalue weighted by molar-refractivity contribution is -0.145. The number of rotatable bonds is 17. The van der Waals surface area contributed by atoms with Crippen molar-refractivity contribution in [2.45, 2.75) is 68.7 Å². The molecule has 0 aromatic heterocycles. The number of aliphatic hydroxyl groups excluding tert-OH is 1. The minimum absolute atomic E-state index is 0.00258. The number of hydrogen-bond donors (Lipinski definition) is 3. The molecule has 0 bridgehead atoms. The molecule has 0 spiro atoms. The van der Waals surface area contributed by atoms with Crippen molar-refractivity contribution in [2.75, 3.05) is 19.0 Å². The van der Waals surface area contributed by atoms with Crippen molar-refractivity contribution < 1.29 is 24.2 Å². The first-order valence-electron chi connectivity index (χ1n) is 12.6. The summed E-state index contributed by atoms with van der Waals surface area (Å²) in [7, 11) is 0. The van der Waals surface area contributed by atoms with Crippen LogP contribution in [0.5, 0.6) is 0 Å². The minimum atomic E-state index is -0.599. The van der Waals surface area contributed by atoms with Crippen LogP contribution >= 0.6 is 11.8 Å². The molecule has 3 N–H and O–H groups in total. The fourth-order valence-electron chi connectivity index (χ4n) is 4.26. The first kappa shape index (κ1) is 29.6. The fraction of sp³-hybridized carbons (Fsp3) is 0.536. The Balaban J connectivity index is 1.97. The van der Waals surface area contributed by atoms with Gasteiger partial charge >= 0.3 is 5.97 Å². The van der Waals surface area contributed by atoms with E-state index in [4.69, 9.17) is 4.74 Å². The Labute approximate surface area is 219 Å². The third-order valence-electron chi connectivity index (χ3n) is 6.30. The quantitative estimate of drug-likeness (QED) is 0.214. The standard InChI is InChI=1S/C28H40N2O5S/c1-3-5-14-26(33)35-18-24(20-36-19-22-12-7-6-8-13-22)29-27(34)23(11-4-2)17-25(32)30-28(21-31)15-9-10-16-28/h3-4,6-8,12-13,23-24,31H,1-2,5,9-11,14-21H2,(H,29,34)(H,30,32)/t23-,24-/m1/s1. The van der Waals surface area contributed by atoms with Gasteiger partial charge in [-0.3, -0.25) is 14.4 Å². The number of aliphatic hydroxyl groups is 1. The summed E-state index contributed by atoms with van der Waals surface area (Å²) in [5.74, 6) is -0.149. The average molecular weight is 517 g/mol. The molecule has 0 aliphatic heterocycles. The SMILES string of the molecule is C=CCCC(=O)OC[C@H](CSCc1ccccc1)NC(=O)[C@H](CC=C)CC(=O)NC1(CO)CCCC1. The van der Waals surface area contributed by atoms with Crippen molar-refractivity contribution in [3.63, 3.8) is 0 Å². The zero-order valence-electron chi connectivity index (χ0n) is 21.1. The monoisotopic (exact) mass is 516 g/mol. The molecule has 36 heavy (non-hydrogen) atoms. The second kappa shape index (κ2) is 16.2. The summed E-state index contributed by atoms with van der Waals surface area (Å²) in [5.41, 5.74) is 0.587. The van der Waals surface area contributed by atoms with E-state index in [-0.39, 0.29) is 43.8 Å². The van der Waals surface area contributed by atoms with Crippen LogP contribution in [0.3, 0.4) is 0 Å². The predicted molar refractivity (Wildman–Crippen MR) is 144 cm³/mol. The van der Waals surface area contributed by atoms with Crippen LogP contribution in [0.25, 0.3) is 0 Å². The van der Waals surface area contributed by atoms with E-state index in [1.165, 1.54) is 5.56 Å². The smallest absolute Gasteiger partial charge is 0.306 e. The van der Waals surface area contributed by atoms with Gasteiger partial charge < -0.3 is 20.5 Å². The molecular formula is C28H40N2O5S. The van der Waals surface area contributed by atoms with Gasteiger partial charge in [-0.1, -0.05) is 55.3 Å². The normalized spacial score (nSPS) is 15.9. The van der Waals surface area contributed by atoms with Crippen molar-refractivity contribution in [2.24, 2.45) is 5.92 Å². The number of hydrogen-bond acceptors (Lipinski definition) is 6. The Kier molecular flexibility index (Phi) is 13.4. The maximum absolute atomic E-state index is 13.2. The zero-order valence-corrected chi connectivity index (χ0v) is 21.9. The highest BCUT2D eigenvalue weighted by Gasteiger charge is 2.35. The lowest BCUT2D eigenvalue weighted by atomic mass is 9.95. The molecular weight excluding hydrogens is 476 g/mol. The van der Waals surface area contributed by atoms with Crippen LogP contribution < -0.4 is 10.6 Å². The van der Waals surface area contributed by atoms with Crippen LogP contribution in [-0.4, -0.2) is 53.4 Å². The van der Waals surface area contributed by atoms with Gasteiger partial charge in [-0.05, 0) is 31.2 Å². The summed E-state index contributed by atoms with van der Waals surface area (Å²) >= 11 is 1.64. The number of nitrogens with one attached hydrogen (secondary N) is 2. The largest absolute Gasteiger partial charge is 0.463 e. The molecule has 2 amide bonds. The van der Waals surface area contributed by atoms with Crippen LogP contribution in [0.15, 0.2) is 55.6 Å². The van der Waals surface area contributed by atoms with Gasteiger partial charge in [-0.15, -0.1) is 13.2 Å². The number of ether oxygens (including phenoxy) is 1. The van der Waals surface area contributed by atoms with Gasteiger partial charge in [0.25, 0.3) is 0 Å². The van der Waals surface area contributed by atoms with Crippen molar-refractivity contribution in [3.8, 4) is 0 Å². The fourth-order valence-corrected chi connectivity index (χ4v) is 5.27. The van der Waals surface area contributed by atoms with Gasteiger partial charge in [0.2, 0.25) is 11.8 Å². The first-order valence-corrected chi connectivity index (χ1v) is 13.8. The van der Waals surface area contributed by atoms with Crippen molar-refractivity contribution >= 4 is 29.5 Å². The van der Waals surface area contributed by atoms with E-state index < -0.39 is 17.5 Å². The zero-order chi connectivity index (χ0) is 26.2. The van der Waals surface area contributed by atoms with Crippen molar-refractivity contribution in [1.82, 2.24) is 10.6 Å². The van der Waals surface area contributed by atoms with Crippen molar-refractivity contribution in [1.29, 1.82) is 0 Å². The van der Waals surface area contributed by atoms with Crippen LogP contribution in [0, 0.1) is 5.92 Å². The molecule has 0 radical (unpaired) electrons. The summed E-state index contributed by atoms with van der Waals surface area (Å²) < 4.78 is 5.41. The second-order valence-corrected chi connectivity index (χ2v) is 10.4. The minimum Gasteiger partial charge on any atom is -0.463 e. The summed E-state index contributed by atoms with van der Waals surface area (Å²) in [5, 5.41) is 15.7. The first-order chi connectivity index (χ1) is 17.4. The third-order valence-corrected chi connectivity index (χ3v) is 7.47. The Morgan fingerprint density at radius 2 is 1.86 bits per heavy atom. The summed E-state index contributed by atoms with van der Waals surface area (Å²) in [6, 6.07) is 9.61. The molecule has 1 aromatic rings. The highest BCUT2D eigenvalue weighted by atomic mass is 32.2. The van der Waals surface area contributed by atoms with E-state index in [0.29, 0.717) is 18.6 Å². The second-order valence-electron chi connectivity index (χ2n) is 9.34. The van der Waals surface area contributed by atoms with E-state index in [9.17, 15) is 19.5 Å². The lowest BCUT2D eigenvalue weighted by Gasteiger charge is -2.29. The number of thioether (sulfide) groups is 1. The number of carbonyl (C=O) groups excluding carboxylic acids is 3. The average Bonchev–Trinajstić information content (AvgIpc) is 3.34. The Hall–Kier alpha value is -2.58. The van der Waals surface area contributed by atoms with Crippen LogP contribution in [-0.2, 0) is 24.9 Å². The number of benzene rings is 1. The summed E-state index contributed by atoms with van der Waals surface area (Å²) in [6.45, 7) is 7.31. The highest BCUT2D eigenvalue weighted by Crippen LogP contribution is 2.29. The predicted octanol–water partition coefficient (Wildman–Crippen LogP) is 3.92. The van der Waals surface area contributed by atoms with Crippen LogP contribution in [0.2, 0.25) is 0 Å². The van der Waals surface area contributed by atoms with Crippen molar-refractivity contribution in [3.05, 3.63) is 61.2 Å². The third kappa shape index (κ3) is 10.6. The molecule has 198 valence electrons. The number of esters is 1. The molecule has 7 nitrogen and oxygen atoms in total.